The summed E-state index contributed by atoms with van der Waals surface area (Å²) in [6.07, 6.45) is 8.43. The first-order valence-corrected chi connectivity index (χ1v) is 7.99. The summed E-state index contributed by atoms with van der Waals surface area (Å²) in [4.78, 5) is 2.71. The number of piperidine rings is 1. The lowest BCUT2D eigenvalue weighted by Crippen LogP contribution is -2.55. The minimum Gasteiger partial charge on any atom is -0.348 e. The first kappa shape index (κ1) is 13.8. The van der Waals surface area contributed by atoms with Crippen LogP contribution >= 0.6 is 0 Å². The first-order valence-electron chi connectivity index (χ1n) is 7.99. The Hall–Kier alpha value is -0.160. The van der Waals surface area contributed by atoms with E-state index in [0.717, 1.165) is 32.6 Å². The van der Waals surface area contributed by atoms with Crippen molar-refractivity contribution in [3.8, 4) is 0 Å². The number of nitrogens with two attached hydrogens (primary N) is 1. The highest BCUT2D eigenvalue weighted by Gasteiger charge is 2.43. The fourth-order valence-corrected chi connectivity index (χ4v) is 4.33. The molecule has 4 nitrogen and oxygen atoms in total. The molecule has 2 unspecified atom stereocenters. The van der Waals surface area contributed by atoms with Crippen LogP contribution in [0.4, 0.5) is 0 Å². The highest BCUT2D eigenvalue weighted by Crippen LogP contribution is 2.39. The molecule has 2 aliphatic heterocycles. The molecule has 1 aliphatic carbocycles. The summed E-state index contributed by atoms with van der Waals surface area (Å²) in [7, 11) is 0. The van der Waals surface area contributed by atoms with Crippen molar-refractivity contribution in [1.29, 1.82) is 0 Å². The third kappa shape index (κ3) is 2.68. The minimum atomic E-state index is -0.228. The van der Waals surface area contributed by atoms with Crippen molar-refractivity contribution in [2.75, 3.05) is 19.8 Å². The van der Waals surface area contributed by atoms with E-state index in [4.69, 9.17) is 15.2 Å². The molecule has 1 spiro atoms. The maximum Gasteiger partial charge on any atom is 0.168 e. The van der Waals surface area contributed by atoms with Gasteiger partial charge in [-0.3, -0.25) is 4.90 Å². The van der Waals surface area contributed by atoms with Crippen molar-refractivity contribution in [1.82, 2.24) is 4.90 Å². The van der Waals surface area contributed by atoms with E-state index < -0.39 is 0 Å². The molecule has 110 valence electrons. The molecule has 3 rings (SSSR count). The number of rotatable bonds is 2. The summed E-state index contributed by atoms with van der Waals surface area (Å²) < 4.78 is 11.7. The second-order valence-corrected chi connectivity index (χ2v) is 6.46. The second kappa shape index (κ2) is 5.68. The number of hydrogen-bond acceptors (Lipinski definition) is 4. The van der Waals surface area contributed by atoms with Crippen molar-refractivity contribution in [2.45, 2.75) is 75.8 Å². The lowest BCUT2D eigenvalue weighted by atomic mass is 9.85. The van der Waals surface area contributed by atoms with Gasteiger partial charge in [0.05, 0.1) is 13.2 Å². The van der Waals surface area contributed by atoms with Crippen molar-refractivity contribution < 1.29 is 9.47 Å². The first-order chi connectivity index (χ1) is 9.24. The number of ether oxygens (including phenoxy) is 2. The van der Waals surface area contributed by atoms with Gasteiger partial charge in [-0.15, -0.1) is 0 Å². The minimum absolute atomic E-state index is 0.228. The molecule has 0 amide bonds. The van der Waals surface area contributed by atoms with E-state index in [1.165, 1.54) is 32.1 Å². The van der Waals surface area contributed by atoms with Crippen LogP contribution in [0.15, 0.2) is 0 Å². The molecule has 19 heavy (non-hydrogen) atoms. The summed E-state index contributed by atoms with van der Waals surface area (Å²) in [5, 5.41) is 0. The third-order valence-electron chi connectivity index (χ3n) is 5.31. The summed E-state index contributed by atoms with van der Waals surface area (Å²) >= 11 is 0. The summed E-state index contributed by atoms with van der Waals surface area (Å²) in [5.74, 6) is -0.228. The molecule has 0 aromatic heterocycles. The Bertz CT molecular complexity index is 295. The summed E-state index contributed by atoms with van der Waals surface area (Å²) in [6.45, 7) is 4.72. The predicted molar refractivity (Wildman–Crippen MR) is 74.9 cm³/mol. The van der Waals surface area contributed by atoms with Gasteiger partial charge in [0.1, 0.15) is 0 Å². The molecule has 2 N–H and O–H groups in total. The number of nitrogens with zero attached hydrogens (tertiary/aromatic N) is 1. The molecular formula is C15H28N2O2. The monoisotopic (exact) mass is 268 g/mol. The predicted octanol–water partition coefficient (Wildman–Crippen LogP) is 1.87. The topological polar surface area (TPSA) is 47.7 Å². The fourth-order valence-electron chi connectivity index (χ4n) is 4.33. The van der Waals surface area contributed by atoms with Crippen LogP contribution in [0.5, 0.6) is 0 Å². The Morgan fingerprint density at radius 2 is 1.79 bits per heavy atom. The van der Waals surface area contributed by atoms with E-state index in [1.807, 2.05) is 0 Å². The SMILES string of the molecule is CC1CCCC(CN)N1C1CCC2(CC1)OCCO2. The highest BCUT2D eigenvalue weighted by molar-refractivity contribution is 4.93. The van der Waals surface area contributed by atoms with Gasteiger partial charge in [0, 0.05) is 37.5 Å². The van der Waals surface area contributed by atoms with Crippen molar-refractivity contribution in [3.63, 3.8) is 0 Å². The van der Waals surface area contributed by atoms with Crippen LogP contribution in [-0.4, -0.2) is 48.6 Å². The Balaban J connectivity index is 1.62. The van der Waals surface area contributed by atoms with Gasteiger partial charge >= 0.3 is 0 Å². The van der Waals surface area contributed by atoms with Crippen molar-refractivity contribution in [3.05, 3.63) is 0 Å². The molecule has 1 saturated carbocycles. The Morgan fingerprint density at radius 3 is 2.42 bits per heavy atom. The molecule has 2 atom stereocenters. The standard InChI is InChI=1S/C15H28N2O2/c1-12-3-2-4-14(11-16)17(12)13-5-7-15(8-6-13)18-9-10-19-15/h12-14H,2-11,16H2,1H3. The lowest BCUT2D eigenvalue weighted by Gasteiger charge is -2.48. The van der Waals surface area contributed by atoms with Crippen LogP contribution in [0.2, 0.25) is 0 Å². The molecule has 0 radical (unpaired) electrons. The van der Waals surface area contributed by atoms with Crippen LogP contribution in [0.3, 0.4) is 0 Å². The molecule has 0 aromatic carbocycles. The Kier molecular flexibility index (Phi) is 4.13. The zero-order valence-corrected chi connectivity index (χ0v) is 12.1. The van der Waals surface area contributed by atoms with Gasteiger partial charge in [0.2, 0.25) is 0 Å². The van der Waals surface area contributed by atoms with Gasteiger partial charge in [0.15, 0.2) is 5.79 Å². The number of hydrogen-bond donors (Lipinski definition) is 1. The van der Waals surface area contributed by atoms with Gasteiger partial charge in [-0.1, -0.05) is 6.42 Å². The van der Waals surface area contributed by atoms with Gasteiger partial charge < -0.3 is 15.2 Å². The summed E-state index contributed by atoms with van der Waals surface area (Å²) in [6, 6.07) is 1.96. The van der Waals surface area contributed by atoms with Gasteiger partial charge in [-0.05, 0) is 32.6 Å². The molecule has 2 saturated heterocycles. The van der Waals surface area contributed by atoms with E-state index in [1.54, 1.807) is 0 Å². The zero-order chi connectivity index (χ0) is 13.3. The van der Waals surface area contributed by atoms with Gasteiger partial charge in [0.25, 0.3) is 0 Å². The third-order valence-corrected chi connectivity index (χ3v) is 5.31. The van der Waals surface area contributed by atoms with E-state index in [2.05, 4.69) is 11.8 Å². The molecule has 0 bridgehead atoms. The fraction of sp³-hybridized carbons (Fsp3) is 1.00. The number of likely N-dealkylation sites (tertiary alicyclic amines) is 1. The van der Waals surface area contributed by atoms with Crippen LogP contribution in [0.1, 0.15) is 51.9 Å². The van der Waals surface area contributed by atoms with Gasteiger partial charge in [-0.25, -0.2) is 0 Å². The average molecular weight is 268 g/mol. The quantitative estimate of drug-likeness (QED) is 0.830. The van der Waals surface area contributed by atoms with Crippen molar-refractivity contribution in [2.24, 2.45) is 5.73 Å². The van der Waals surface area contributed by atoms with Crippen LogP contribution in [0.25, 0.3) is 0 Å². The average Bonchev–Trinajstić information content (AvgIpc) is 2.88. The zero-order valence-electron chi connectivity index (χ0n) is 12.1. The molecule has 0 aromatic rings. The maximum absolute atomic E-state index is 5.99. The molecular weight excluding hydrogens is 240 g/mol. The Labute approximate surface area is 116 Å². The van der Waals surface area contributed by atoms with Gasteiger partial charge in [-0.2, -0.15) is 0 Å². The van der Waals surface area contributed by atoms with Crippen molar-refractivity contribution >= 4 is 0 Å². The van der Waals surface area contributed by atoms with Crippen LogP contribution in [0, 0.1) is 0 Å². The van der Waals surface area contributed by atoms with E-state index in [0.29, 0.717) is 18.1 Å². The normalized spacial score (nSPS) is 36.9. The van der Waals surface area contributed by atoms with E-state index >= 15 is 0 Å². The van der Waals surface area contributed by atoms with E-state index in [-0.39, 0.29) is 5.79 Å². The van der Waals surface area contributed by atoms with Crippen LogP contribution in [-0.2, 0) is 9.47 Å². The second-order valence-electron chi connectivity index (χ2n) is 6.46. The Morgan fingerprint density at radius 1 is 1.11 bits per heavy atom. The maximum atomic E-state index is 5.99. The molecule has 2 heterocycles. The molecule has 3 aliphatic rings. The van der Waals surface area contributed by atoms with Crippen LogP contribution < -0.4 is 5.73 Å². The molecule has 4 heteroatoms. The summed E-state index contributed by atoms with van der Waals surface area (Å²) in [5.41, 5.74) is 5.99. The smallest absolute Gasteiger partial charge is 0.168 e. The largest absolute Gasteiger partial charge is 0.348 e. The molecule has 3 fully saturated rings. The highest BCUT2D eigenvalue weighted by atomic mass is 16.7. The lowest BCUT2D eigenvalue weighted by molar-refractivity contribution is -0.187. The van der Waals surface area contributed by atoms with E-state index in [9.17, 15) is 0 Å².